The van der Waals surface area contributed by atoms with Crippen molar-refractivity contribution in [2.75, 3.05) is 58.9 Å². The third-order valence-corrected chi connectivity index (χ3v) is 15.2. The second-order valence-corrected chi connectivity index (χ2v) is 17.5. The van der Waals surface area contributed by atoms with Crippen LogP contribution >= 0.6 is 0 Å². The molecule has 2 aromatic carbocycles. The standard InChI is InChI=1S/C43H55N5O7/c1-6-39(52)21-25-22-42(38(51)55-5,33-27(13-17-47(23-25)24-39)26-11-8-9-12-30(26)45-33)29-19-28-31(20-32(29)54-4)46(3)35-41(28)15-18-48-16-10-14-40(7-2,34(41)48)36(49)43(35,53)37(44)50/h8-12,14,19-20,25,34-36,45,49,52-53H,6-7,13,15-18,21-24H2,1-5H3,(H2,44,50)/t25-,34?,35?,36+,39-,40+,41+,42-,43-/m0/s1. The van der Waals surface area contributed by atoms with E-state index in [1.165, 1.54) is 7.11 Å². The van der Waals surface area contributed by atoms with E-state index in [1.807, 2.05) is 62.2 Å². The number of carbonyl (C=O) groups is 2. The molecule has 55 heavy (non-hydrogen) atoms. The van der Waals surface area contributed by atoms with Gasteiger partial charge in [-0.2, -0.15) is 0 Å². The first-order chi connectivity index (χ1) is 26.3. The number of likely N-dealkylation sites (N-methyl/N-ethyl adjacent to an activating group) is 1. The van der Waals surface area contributed by atoms with Crippen LogP contribution < -0.4 is 15.4 Å². The monoisotopic (exact) mass is 753 g/mol. The molecule has 1 saturated carbocycles. The summed E-state index contributed by atoms with van der Waals surface area (Å²) in [6.45, 7) is 7.39. The van der Waals surface area contributed by atoms with Gasteiger partial charge < -0.3 is 40.4 Å². The number of piperidine rings is 1. The van der Waals surface area contributed by atoms with Gasteiger partial charge in [-0.05, 0) is 74.2 Å². The minimum Gasteiger partial charge on any atom is -0.496 e. The summed E-state index contributed by atoms with van der Waals surface area (Å²) in [5.74, 6) is -1.00. The molecule has 12 nitrogen and oxygen atoms in total. The van der Waals surface area contributed by atoms with Crippen LogP contribution in [0.4, 0.5) is 5.69 Å². The van der Waals surface area contributed by atoms with E-state index in [2.05, 4.69) is 26.9 Å². The fraction of sp³-hybridized carbons (Fsp3) is 0.581. The highest BCUT2D eigenvalue weighted by atomic mass is 16.5. The van der Waals surface area contributed by atoms with Gasteiger partial charge in [-0.1, -0.05) is 44.2 Å². The van der Waals surface area contributed by atoms with E-state index >= 15 is 4.79 Å². The zero-order valence-corrected chi connectivity index (χ0v) is 32.6. The number of carbonyl (C=O) groups excluding carboxylic acids is 2. The Morgan fingerprint density at radius 2 is 1.82 bits per heavy atom. The predicted octanol–water partition coefficient (Wildman–Crippen LogP) is 2.73. The largest absolute Gasteiger partial charge is 0.496 e. The molecule has 1 spiro atoms. The van der Waals surface area contributed by atoms with Crippen molar-refractivity contribution >= 4 is 28.5 Å². The SMILES string of the molecule is CC[C@]1(O)C[C@@H]2CN(CCc3c([nH]c4ccccc34)[C@@](C(=O)OC)(c3cc4c(cc3OC)N(C)C3[C@]45CCN4CC=C[C@](CC)(C45)[C@@H](O)[C@]3(O)C(N)=O)C2)C1. The molecule has 2 bridgehead atoms. The van der Waals surface area contributed by atoms with Crippen molar-refractivity contribution in [2.24, 2.45) is 17.1 Å². The maximum absolute atomic E-state index is 15.2. The molecule has 10 atom stereocenters. The van der Waals surface area contributed by atoms with Gasteiger partial charge in [-0.3, -0.25) is 19.4 Å². The van der Waals surface area contributed by atoms with Crippen molar-refractivity contribution in [1.29, 1.82) is 0 Å². The molecule has 6 aliphatic rings. The van der Waals surface area contributed by atoms with Gasteiger partial charge >= 0.3 is 5.97 Å². The maximum atomic E-state index is 15.2. The Kier molecular flexibility index (Phi) is 8.19. The van der Waals surface area contributed by atoms with Gasteiger partial charge in [0.05, 0.1) is 25.9 Å². The number of esters is 1. The Bertz CT molecular complexity index is 2120. The van der Waals surface area contributed by atoms with E-state index < -0.39 is 51.5 Å². The fourth-order valence-corrected chi connectivity index (χ4v) is 13.1. The molecule has 9 rings (SSSR count). The first-order valence-electron chi connectivity index (χ1n) is 20.0. The molecule has 3 unspecified atom stereocenters. The van der Waals surface area contributed by atoms with Crippen LogP contribution in [0.3, 0.4) is 0 Å². The minimum atomic E-state index is -2.30. The second-order valence-electron chi connectivity index (χ2n) is 17.5. The van der Waals surface area contributed by atoms with Gasteiger partial charge in [0.15, 0.2) is 5.60 Å². The number of para-hydroxylation sites is 1. The molecule has 12 heteroatoms. The number of aliphatic hydroxyl groups excluding tert-OH is 1. The van der Waals surface area contributed by atoms with Gasteiger partial charge in [0.2, 0.25) is 0 Å². The first-order valence-corrected chi connectivity index (χ1v) is 20.0. The highest BCUT2D eigenvalue weighted by molar-refractivity contribution is 5.95. The third kappa shape index (κ3) is 4.51. The number of methoxy groups -OCH3 is 2. The highest BCUT2D eigenvalue weighted by Gasteiger charge is 2.78. The average molecular weight is 754 g/mol. The molecule has 3 aromatic rings. The summed E-state index contributed by atoms with van der Waals surface area (Å²) in [7, 11) is 4.89. The van der Waals surface area contributed by atoms with Crippen molar-refractivity contribution in [1.82, 2.24) is 14.8 Å². The number of aromatic nitrogens is 1. The van der Waals surface area contributed by atoms with Gasteiger partial charge in [0.1, 0.15) is 17.3 Å². The lowest BCUT2D eigenvalue weighted by molar-refractivity contribution is -0.201. The Hall–Kier alpha value is -3.94. The molecule has 5 aliphatic heterocycles. The Morgan fingerprint density at radius 1 is 1.04 bits per heavy atom. The Labute approximate surface area is 322 Å². The minimum absolute atomic E-state index is 0.0790. The lowest BCUT2D eigenvalue weighted by atomic mass is 9.47. The number of nitrogens with one attached hydrogen (secondary N) is 1. The van der Waals surface area contributed by atoms with Crippen LogP contribution in [0, 0.1) is 11.3 Å². The van der Waals surface area contributed by atoms with Crippen molar-refractivity contribution in [2.45, 2.75) is 92.6 Å². The number of H-pyrrole nitrogens is 1. The van der Waals surface area contributed by atoms with Gasteiger partial charge in [0, 0.05) is 84.0 Å². The molecule has 2 saturated heterocycles. The molecule has 3 fully saturated rings. The van der Waals surface area contributed by atoms with Crippen LogP contribution in [0.2, 0.25) is 0 Å². The molecule has 6 heterocycles. The predicted molar refractivity (Wildman–Crippen MR) is 208 cm³/mol. The number of aliphatic hydroxyl groups is 3. The van der Waals surface area contributed by atoms with Crippen molar-refractivity contribution in [3.05, 3.63) is 70.9 Å². The molecular formula is C43H55N5O7. The second kappa shape index (κ2) is 12.3. The summed E-state index contributed by atoms with van der Waals surface area (Å²) in [5, 5.41) is 38.0. The van der Waals surface area contributed by atoms with Crippen LogP contribution in [0.25, 0.3) is 10.9 Å². The van der Waals surface area contributed by atoms with E-state index in [0.29, 0.717) is 69.5 Å². The number of hydrogen-bond donors (Lipinski definition) is 5. The van der Waals surface area contributed by atoms with Gasteiger partial charge in [-0.15, -0.1) is 0 Å². The first kappa shape index (κ1) is 36.7. The summed E-state index contributed by atoms with van der Waals surface area (Å²) in [6, 6.07) is 11.0. The number of rotatable bonds is 6. The van der Waals surface area contributed by atoms with Gasteiger partial charge in [-0.25, -0.2) is 0 Å². The summed E-state index contributed by atoms with van der Waals surface area (Å²) in [6.07, 6.45) is 5.78. The number of hydrogen-bond acceptors (Lipinski definition) is 10. The molecule has 6 N–H and O–H groups in total. The summed E-state index contributed by atoms with van der Waals surface area (Å²) in [5.41, 5.74) is 4.72. The number of ether oxygens (including phenoxy) is 2. The van der Waals surface area contributed by atoms with E-state index in [1.54, 1.807) is 7.11 Å². The number of anilines is 1. The summed E-state index contributed by atoms with van der Waals surface area (Å²) >= 11 is 0. The number of amides is 1. The van der Waals surface area contributed by atoms with E-state index in [4.69, 9.17) is 15.2 Å². The zero-order chi connectivity index (χ0) is 38.9. The number of nitrogens with two attached hydrogens (primary N) is 1. The molecule has 1 aliphatic carbocycles. The molecule has 294 valence electrons. The summed E-state index contributed by atoms with van der Waals surface area (Å²) < 4.78 is 12.2. The van der Waals surface area contributed by atoms with Crippen LogP contribution in [0.5, 0.6) is 5.75 Å². The van der Waals surface area contributed by atoms with E-state index in [-0.39, 0.29) is 12.0 Å². The van der Waals surface area contributed by atoms with Crippen molar-refractivity contribution in [3.63, 3.8) is 0 Å². The Morgan fingerprint density at radius 3 is 2.53 bits per heavy atom. The highest BCUT2D eigenvalue weighted by Crippen LogP contribution is 2.67. The number of fused-ring (bicyclic) bond motifs is 6. The smallest absolute Gasteiger partial charge is 0.322 e. The maximum Gasteiger partial charge on any atom is 0.322 e. The van der Waals surface area contributed by atoms with Crippen LogP contribution in [0.1, 0.15) is 68.3 Å². The Balaban J connectivity index is 1.36. The molecule has 1 amide bonds. The molecule has 1 aromatic heterocycles. The number of nitrogens with zero attached hydrogens (tertiary/aromatic N) is 3. The van der Waals surface area contributed by atoms with Crippen molar-refractivity contribution < 1.29 is 34.4 Å². The van der Waals surface area contributed by atoms with E-state index in [9.17, 15) is 20.1 Å². The molecular weight excluding hydrogens is 699 g/mol. The number of aromatic amines is 1. The zero-order valence-electron chi connectivity index (χ0n) is 32.6. The third-order valence-electron chi connectivity index (χ3n) is 15.2. The average Bonchev–Trinajstić information content (AvgIpc) is 3.84. The topological polar surface area (TPSA) is 165 Å². The fourth-order valence-electron chi connectivity index (χ4n) is 13.1. The van der Waals surface area contributed by atoms with Crippen LogP contribution in [-0.2, 0) is 31.6 Å². The van der Waals surface area contributed by atoms with Crippen LogP contribution in [-0.4, -0.2) is 125 Å². The van der Waals surface area contributed by atoms with Gasteiger partial charge in [0.25, 0.3) is 5.91 Å². The quantitative estimate of drug-likeness (QED) is 0.187. The van der Waals surface area contributed by atoms with E-state index in [0.717, 1.165) is 46.5 Å². The summed E-state index contributed by atoms with van der Waals surface area (Å²) in [4.78, 5) is 39.3. The molecule has 0 radical (unpaired) electrons. The van der Waals surface area contributed by atoms with Crippen LogP contribution in [0.15, 0.2) is 48.6 Å². The lowest BCUT2D eigenvalue weighted by Gasteiger charge is -2.63. The normalized spacial score (nSPS) is 39.0. The number of benzene rings is 2. The number of primary amides is 1. The van der Waals surface area contributed by atoms with Crippen molar-refractivity contribution in [3.8, 4) is 5.75 Å². The lowest BCUT2D eigenvalue weighted by Crippen LogP contribution is -2.81.